The van der Waals surface area contributed by atoms with E-state index < -0.39 is 12.0 Å². The first kappa shape index (κ1) is 15.7. The molecule has 0 radical (unpaired) electrons. The second-order valence-corrected chi connectivity index (χ2v) is 6.37. The monoisotopic (exact) mass is 333 g/mol. The molecule has 5 nitrogen and oxygen atoms in total. The summed E-state index contributed by atoms with van der Waals surface area (Å²) in [7, 11) is 0. The first-order valence-electron chi connectivity index (χ1n) is 8.47. The van der Waals surface area contributed by atoms with Crippen LogP contribution in [0.25, 0.3) is 10.8 Å². The maximum atomic E-state index is 11.7. The van der Waals surface area contributed by atoms with Crippen molar-refractivity contribution in [2.24, 2.45) is 0 Å². The molecule has 25 heavy (non-hydrogen) atoms. The van der Waals surface area contributed by atoms with E-state index in [1.807, 2.05) is 36.5 Å². The molecule has 0 amide bonds. The molecule has 2 atom stereocenters. The van der Waals surface area contributed by atoms with Gasteiger partial charge in [-0.1, -0.05) is 18.2 Å². The number of likely N-dealkylation sites (tertiary alicyclic amines) is 1. The van der Waals surface area contributed by atoms with Crippen molar-refractivity contribution in [2.75, 3.05) is 6.54 Å². The molecule has 126 valence electrons. The van der Waals surface area contributed by atoms with Crippen molar-refractivity contribution in [2.45, 2.75) is 24.9 Å². The van der Waals surface area contributed by atoms with Crippen LogP contribution in [-0.4, -0.2) is 38.5 Å². The van der Waals surface area contributed by atoms with Gasteiger partial charge in [0.05, 0.1) is 11.7 Å². The van der Waals surface area contributed by atoms with E-state index in [0.717, 1.165) is 35.0 Å². The van der Waals surface area contributed by atoms with Crippen molar-refractivity contribution in [3.63, 3.8) is 0 Å². The van der Waals surface area contributed by atoms with Crippen LogP contribution in [0, 0.1) is 0 Å². The van der Waals surface area contributed by atoms with Crippen LogP contribution < -0.4 is 0 Å². The average Bonchev–Trinajstić information content (AvgIpc) is 3.12. The quantitative estimate of drug-likeness (QED) is 0.794. The molecular weight excluding hydrogens is 314 g/mol. The van der Waals surface area contributed by atoms with E-state index in [2.05, 4.69) is 27.0 Å². The Morgan fingerprint density at radius 2 is 2.08 bits per heavy atom. The van der Waals surface area contributed by atoms with Crippen LogP contribution in [0.5, 0.6) is 0 Å². The molecule has 0 spiro atoms. The Bertz CT molecular complexity index is 898. The molecule has 3 aromatic rings. The van der Waals surface area contributed by atoms with E-state index in [-0.39, 0.29) is 6.04 Å². The Morgan fingerprint density at radius 1 is 1.16 bits per heavy atom. The number of aliphatic carboxylic acids is 1. The van der Waals surface area contributed by atoms with Crippen molar-refractivity contribution in [1.82, 2.24) is 14.9 Å². The fraction of sp³-hybridized carbons (Fsp3) is 0.250. The normalized spacial score (nSPS) is 19.1. The second-order valence-electron chi connectivity index (χ2n) is 6.37. The highest BCUT2D eigenvalue weighted by atomic mass is 16.4. The van der Waals surface area contributed by atoms with Crippen molar-refractivity contribution in [3.8, 4) is 0 Å². The van der Waals surface area contributed by atoms with Crippen LogP contribution in [0.4, 0.5) is 0 Å². The highest BCUT2D eigenvalue weighted by molar-refractivity contribution is 5.82. The lowest BCUT2D eigenvalue weighted by atomic mass is 9.98. The lowest BCUT2D eigenvalue weighted by Crippen LogP contribution is -2.39. The topological polar surface area (TPSA) is 66.3 Å². The van der Waals surface area contributed by atoms with Gasteiger partial charge in [-0.25, -0.2) is 0 Å². The van der Waals surface area contributed by atoms with Gasteiger partial charge in [-0.15, -0.1) is 0 Å². The summed E-state index contributed by atoms with van der Waals surface area (Å²) in [5.74, 6) is -0.761. The number of carboxylic acids is 1. The van der Waals surface area contributed by atoms with Gasteiger partial charge in [0.1, 0.15) is 6.04 Å². The fourth-order valence-corrected chi connectivity index (χ4v) is 3.70. The molecule has 1 fully saturated rings. The van der Waals surface area contributed by atoms with E-state index in [9.17, 15) is 9.90 Å². The highest BCUT2D eigenvalue weighted by Gasteiger charge is 2.37. The minimum Gasteiger partial charge on any atom is -0.480 e. The van der Waals surface area contributed by atoms with Gasteiger partial charge in [-0.3, -0.25) is 19.7 Å². The third-order valence-corrected chi connectivity index (χ3v) is 4.86. The number of rotatable bonds is 4. The molecule has 0 bridgehead atoms. The summed E-state index contributed by atoms with van der Waals surface area (Å²) < 4.78 is 0. The van der Waals surface area contributed by atoms with Crippen LogP contribution in [-0.2, 0) is 4.79 Å². The summed E-state index contributed by atoms with van der Waals surface area (Å²) in [5, 5.41) is 11.8. The minimum absolute atomic E-state index is 0.164. The van der Waals surface area contributed by atoms with Crippen LogP contribution >= 0.6 is 0 Å². The number of aromatic nitrogens is 2. The number of pyridine rings is 2. The zero-order valence-corrected chi connectivity index (χ0v) is 13.7. The Morgan fingerprint density at radius 3 is 2.88 bits per heavy atom. The summed E-state index contributed by atoms with van der Waals surface area (Å²) in [5.41, 5.74) is 1.94. The summed E-state index contributed by atoms with van der Waals surface area (Å²) in [6, 6.07) is 13.4. The molecule has 0 aliphatic carbocycles. The number of carboxylic acid groups (broad SMARTS) is 1. The number of hydrogen-bond donors (Lipinski definition) is 1. The molecule has 1 aliphatic rings. The van der Waals surface area contributed by atoms with Gasteiger partial charge in [-0.2, -0.15) is 0 Å². The van der Waals surface area contributed by atoms with Crippen molar-refractivity contribution in [3.05, 3.63) is 72.3 Å². The van der Waals surface area contributed by atoms with Gasteiger partial charge in [0.2, 0.25) is 0 Å². The molecule has 1 N–H and O–H groups in total. The average molecular weight is 333 g/mol. The predicted molar refractivity (Wildman–Crippen MR) is 95.2 cm³/mol. The first-order valence-corrected chi connectivity index (χ1v) is 8.47. The number of fused-ring (bicyclic) bond motifs is 1. The predicted octanol–water partition coefficient (Wildman–Crippen LogP) is 3.27. The second kappa shape index (κ2) is 6.61. The van der Waals surface area contributed by atoms with E-state index >= 15 is 0 Å². The summed E-state index contributed by atoms with van der Waals surface area (Å²) in [6.45, 7) is 0.757. The Balaban J connectivity index is 1.83. The van der Waals surface area contributed by atoms with Gasteiger partial charge in [0, 0.05) is 30.5 Å². The van der Waals surface area contributed by atoms with E-state index in [1.54, 1.807) is 12.4 Å². The maximum absolute atomic E-state index is 11.7. The SMILES string of the molecule is O=C(O)C1CCCN1C(c1ccc2cnccc2c1)c1ccccn1. The Kier molecular flexibility index (Phi) is 4.15. The lowest BCUT2D eigenvalue weighted by molar-refractivity contribution is -0.142. The first-order chi connectivity index (χ1) is 12.2. The molecule has 2 aromatic heterocycles. The smallest absolute Gasteiger partial charge is 0.320 e. The van der Waals surface area contributed by atoms with E-state index in [1.165, 1.54) is 0 Å². The van der Waals surface area contributed by atoms with E-state index in [4.69, 9.17) is 0 Å². The lowest BCUT2D eigenvalue weighted by Gasteiger charge is -2.31. The van der Waals surface area contributed by atoms with Gasteiger partial charge < -0.3 is 5.11 Å². The Labute approximate surface area is 146 Å². The fourth-order valence-electron chi connectivity index (χ4n) is 3.70. The summed E-state index contributed by atoms with van der Waals surface area (Å²) in [4.78, 5) is 22.5. The maximum Gasteiger partial charge on any atom is 0.320 e. The number of benzene rings is 1. The van der Waals surface area contributed by atoms with Crippen LogP contribution in [0.3, 0.4) is 0 Å². The third-order valence-electron chi connectivity index (χ3n) is 4.86. The van der Waals surface area contributed by atoms with E-state index in [0.29, 0.717) is 6.42 Å². The van der Waals surface area contributed by atoms with Gasteiger partial charge >= 0.3 is 5.97 Å². The molecule has 1 saturated heterocycles. The van der Waals surface area contributed by atoms with Crippen LogP contribution in [0.1, 0.15) is 30.1 Å². The molecule has 2 unspecified atom stereocenters. The van der Waals surface area contributed by atoms with Gasteiger partial charge in [-0.05, 0) is 48.1 Å². The molecule has 0 saturated carbocycles. The largest absolute Gasteiger partial charge is 0.480 e. The van der Waals surface area contributed by atoms with Crippen molar-refractivity contribution in [1.29, 1.82) is 0 Å². The standard InChI is InChI=1S/C20H19N3O2/c24-20(25)18-5-3-11-23(18)19(17-4-1-2-9-22-17)15-6-7-16-13-21-10-8-14(16)12-15/h1-2,4,6-10,12-13,18-19H,3,5,11H2,(H,24,25). The highest BCUT2D eigenvalue weighted by Crippen LogP contribution is 2.35. The minimum atomic E-state index is -0.761. The number of nitrogens with zero attached hydrogens (tertiary/aromatic N) is 3. The molecule has 3 heterocycles. The zero-order valence-electron chi connectivity index (χ0n) is 13.7. The van der Waals surface area contributed by atoms with Crippen LogP contribution in [0.15, 0.2) is 61.1 Å². The summed E-state index contributed by atoms with van der Waals surface area (Å²) >= 11 is 0. The Hall–Kier alpha value is -2.79. The van der Waals surface area contributed by atoms with Crippen molar-refractivity contribution >= 4 is 16.7 Å². The third kappa shape index (κ3) is 2.98. The number of hydrogen-bond acceptors (Lipinski definition) is 4. The summed E-state index contributed by atoms with van der Waals surface area (Å²) in [6.07, 6.45) is 6.94. The zero-order chi connectivity index (χ0) is 17.2. The molecule has 4 rings (SSSR count). The molecule has 1 aliphatic heterocycles. The van der Waals surface area contributed by atoms with Gasteiger partial charge in [0.15, 0.2) is 0 Å². The molecule has 1 aromatic carbocycles. The molecular formula is C20H19N3O2. The van der Waals surface area contributed by atoms with Crippen molar-refractivity contribution < 1.29 is 9.90 Å². The molecule has 5 heteroatoms. The number of carbonyl (C=O) groups is 1. The van der Waals surface area contributed by atoms with Gasteiger partial charge in [0.25, 0.3) is 0 Å². The van der Waals surface area contributed by atoms with Crippen LogP contribution in [0.2, 0.25) is 0 Å².